The summed E-state index contributed by atoms with van der Waals surface area (Å²) in [5, 5.41) is 0. The quantitative estimate of drug-likeness (QED) is 0.258. The molecule has 5 unspecified atom stereocenters. The third-order valence-corrected chi connectivity index (χ3v) is 11.5. The molecule has 0 spiro atoms. The summed E-state index contributed by atoms with van der Waals surface area (Å²) in [6.45, 7) is 30.4. The lowest BCUT2D eigenvalue weighted by Crippen LogP contribution is -2.54. The molecule has 1 aromatic heterocycles. The van der Waals surface area contributed by atoms with Crippen molar-refractivity contribution in [1.82, 2.24) is 9.97 Å². The molecule has 256 valence electrons. The number of aromatic nitrogens is 2. The highest BCUT2D eigenvalue weighted by Gasteiger charge is 2.55. The maximum Gasteiger partial charge on any atom is 0.179 e. The van der Waals surface area contributed by atoms with Gasteiger partial charge in [0.25, 0.3) is 0 Å². The van der Waals surface area contributed by atoms with E-state index in [9.17, 15) is 0 Å². The van der Waals surface area contributed by atoms with Gasteiger partial charge in [0, 0.05) is 34.2 Å². The van der Waals surface area contributed by atoms with Crippen LogP contribution in [0, 0.1) is 11.8 Å². The average Bonchev–Trinajstić information content (AvgIpc) is 3.49. The molecule has 3 aromatic rings. The number of fused-ring (bicyclic) bond motifs is 10. The van der Waals surface area contributed by atoms with E-state index in [0.717, 1.165) is 35.1 Å². The zero-order valence-corrected chi connectivity index (χ0v) is 31.7. The van der Waals surface area contributed by atoms with E-state index in [1.165, 1.54) is 39.1 Å². The van der Waals surface area contributed by atoms with Crippen LogP contribution >= 0.6 is 0 Å². The van der Waals surface area contributed by atoms with Crippen LogP contribution in [0.5, 0.6) is 0 Å². The first kappa shape index (κ1) is 35.9. The summed E-state index contributed by atoms with van der Waals surface area (Å²) in [4.78, 5) is 16.5. The summed E-state index contributed by atoms with van der Waals surface area (Å²) in [6.07, 6.45) is 12.5. The Kier molecular flexibility index (Phi) is 10.1. The summed E-state index contributed by atoms with van der Waals surface area (Å²) in [6, 6.07) is 19.8. The van der Waals surface area contributed by atoms with Gasteiger partial charge in [0.1, 0.15) is 6.17 Å². The molecule has 0 amide bonds. The molecule has 4 nitrogen and oxygen atoms in total. The minimum absolute atomic E-state index is 0.0104. The van der Waals surface area contributed by atoms with E-state index in [1.54, 1.807) is 0 Å². The molecule has 4 heteroatoms. The Morgan fingerprint density at radius 1 is 0.816 bits per heavy atom. The highest BCUT2D eigenvalue weighted by molar-refractivity contribution is 5.94. The molecule has 2 aliphatic heterocycles. The number of rotatable bonds is 2. The molecule has 0 fully saturated rings. The summed E-state index contributed by atoms with van der Waals surface area (Å²) < 4.78 is 0. The SMILES string of the molecule is C=C.CC.CC.CCC1(C)c2ccccc2N2c3nc4c(nc3N(c3ccccc3)C2C1C)C1(C)C(C)=CC=CC1=C1C4=C(C)C=CC1C. The number of benzene rings is 2. The number of hydrogen-bond acceptors (Lipinski definition) is 4. The van der Waals surface area contributed by atoms with Gasteiger partial charge in [0.2, 0.25) is 0 Å². The lowest BCUT2D eigenvalue weighted by atomic mass is 9.61. The molecular formula is C45H56N4. The van der Waals surface area contributed by atoms with Crippen molar-refractivity contribution in [3.8, 4) is 0 Å². The molecule has 0 N–H and O–H groups in total. The lowest BCUT2D eigenvalue weighted by Gasteiger charge is -2.50. The predicted molar refractivity (Wildman–Crippen MR) is 212 cm³/mol. The van der Waals surface area contributed by atoms with E-state index in [-0.39, 0.29) is 17.0 Å². The van der Waals surface area contributed by atoms with Crippen molar-refractivity contribution in [2.75, 3.05) is 9.80 Å². The van der Waals surface area contributed by atoms with Crippen LogP contribution in [0.3, 0.4) is 0 Å². The van der Waals surface area contributed by atoms with Crippen LogP contribution in [0.1, 0.15) is 99.5 Å². The van der Waals surface area contributed by atoms with Crippen LogP contribution in [0.25, 0.3) is 5.57 Å². The lowest BCUT2D eigenvalue weighted by molar-refractivity contribution is 0.249. The van der Waals surface area contributed by atoms with Gasteiger partial charge in [-0.2, -0.15) is 0 Å². The van der Waals surface area contributed by atoms with E-state index in [1.807, 2.05) is 27.7 Å². The molecule has 8 rings (SSSR count). The van der Waals surface area contributed by atoms with Crippen molar-refractivity contribution in [3.05, 3.63) is 137 Å². The average molecular weight is 653 g/mol. The second kappa shape index (κ2) is 13.8. The molecule has 0 radical (unpaired) electrons. The molecule has 0 bridgehead atoms. The van der Waals surface area contributed by atoms with E-state index in [2.05, 4.69) is 156 Å². The normalized spacial score (nSPS) is 26.6. The fourth-order valence-corrected chi connectivity index (χ4v) is 8.56. The van der Waals surface area contributed by atoms with Crippen LogP contribution in [0.15, 0.2) is 120 Å². The molecule has 49 heavy (non-hydrogen) atoms. The number of nitrogens with zero attached hydrogens (tertiary/aromatic N) is 4. The molecule has 5 atom stereocenters. The van der Waals surface area contributed by atoms with E-state index in [4.69, 9.17) is 9.97 Å². The molecule has 5 aliphatic rings. The molecule has 0 saturated carbocycles. The van der Waals surface area contributed by atoms with Gasteiger partial charge in [-0.25, -0.2) is 9.97 Å². The molecule has 0 saturated heterocycles. The monoisotopic (exact) mass is 652 g/mol. The van der Waals surface area contributed by atoms with Gasteiger partial charge in [0.05, 0.1) is 16.8 Å². The largest absolute Gasteiger partial charge is 0.302 e. The highest BCUT2D eigenvalue weighted by Crippen LogP contribution is 2.60. The Balaban J connectivity index is 0.000000742. The van der Waals surface area contributed by atoms with Gasteiger partial charge in [-0.05, 0) is 67.7 Å². The second-order valence-corrected chi connectivity index (χ2v) is 13.5. The number of anilines is 4. The van der Waals surface area contributed by atoms with Gasteiger partial charge in [-0.1, -0.05) is 128 Å². The van der Waals surface area contributed by atoms with Crippen molar-refractivity contribution in [1.29, 1.82) is 0 Å². The van der Waals surface area contributed by atoms with Crippen LogP contribution in [0.2, 0.25) is 0 Å². The summed E-state index contributed by atoms with van der Waals surface area (Å²) in [5.41, 5.74) is 12.2. The standard InChI is InChI=1S/C39H40N4.2C2H6.C2H4/c1-8-38(6)26(5)37-42(27-16-10-9-11-17-27)36-35(43(37)30-20-13-12-18-28(30)38)40-33-32-24(3)22-21-23(2)31(32)29-19-14-15-25(4)39(29,7)34(33)41-36;3*1-2/h9-23,26,37H,8H2,1-7H3;2*1-2H3;1-2H2. The number of allylic oxidation sites excluding steroid dienone is 10. The minimum Gasteiger partial charge on any atom is -0.302 e. The van der Waals surface area contributed by atoms with Crippen molar-refractivity contribution in [2.45, 2.75) is 99.6 Å². The van der Waals surface area contributed by atoms with Gasteiger partial charge in [0.15, 0.2) is 11.6 Å². The summed E-state index contributed by atoms with van der Waals surface area (Å²) >= 11 is 0. The van der Waals surface area contributed by atoms with Crippen LogP contribution in [-0.4, -0.2) is 16.1 Å². The first-order chi connectivity index (χ1) is 23.7. The predicted octanol–water partition coefficient (Wildman–Crippen LogP) is 12.3. The smallest absolute Gasteiger partial charge is 0.179 e. The second-order valence-electron chi connectivity index (χ2n) is 13.5. The fourth-order valence-electron chi connectivity index (χ4n) is 8.56. The molecule has 2 aromatic carbocycles. The maximum atomic E-state index is 5.77. The van der Waals surface area contributed by atoms with Crippen molar-refractivity contribution in [3.63, 3.8) is 0 Å². The Morgan fingerprint density at radius 2 is 1.45 bits per heavy atom. The van der Waals surface area contributed by atoms with Crippen molar-refractivity contribution >= 4 is 28.6 Å². The summed E-state index contributed by atoms with van der Waals surface area (Å²) in [5.74, 6) is 2.55. The van der Waals surface area contributed by atoms with Gasteiger partial charge >= 0.3 is 0 Å². The van der Waals surface area contributed by atoms with Crippen molar-refractivity contribution < 1.29 is 0 Å². The van der Waals surface area contributed by atoms with E-state index >= 15 is 0 Å². The Morgan fingerprint density at radius 3 is 2.12 bits per heavy atom. The topological polar surface area (TPSA) is 32.3 Å². The van der Waals surface area contributed by atoms with Crippen LogP contribution in [0.4, 0.5) is 23.0 Å². The number of para-hydroxylation sites is 2. The van der Waals surface area contributed by atoms with Gasteiger partial charge < -0.3 is 9.80 Å². The number of hydrogen-bond donors (Lipinski definition) is 0. The minimum atomic E-state index is -0.350. The third-order valence-electron chi connectivity index (χ3n) is 11.5. The third kappa shape index (κ3) is 5.01. The Hall–Kier alpha value is -4.44. The van der Waals surface area contributed by atoms with Crippen molar-refractivity contribution in [2.24, 2.45) is 11.8 Å². The zero-order chi connectivity index (χ0) is 35.8. The maximum absolute atomic E-state index is 5.77. The fraction of sp³-hybridized carbons (Fsp3) is 0.378. The zero-order valence-electron chi connectivity index (χ0n) is 31.7. The van der Waals surface area contributed by atoms with Crippen LogP contribution in [-0.2, 0) is 10.8 Å². The van der Waals surface area contributed by atoms with E-state index in [0.29, 0.717) is 11.8 Å². The summed E-state index contributed by atoms with van der Waals surface area (Å²) in [7, 11) is 0. The first-order valence-electron chi connectivity index (χ1n) is 18.4. The van der Waals surface area contributed by atoms with Gasteiger partial charge in [-0.15, -0.1) is 13.2 Å². The molecular weight excluding hydrogens is 597 g/mol. The molecule has 3 aliphatic carbocycles. The Bertz CT molecular complexity index is 1870. The van der Waals surface area contributed by atoms with E-state index < -0.39 is 0 Å². The first-order valence-corrected chi connectivity index (χ1v) is 18.4. The van der Waals surface area contributed by atoms with Crippen LogP contribution < -0.4 is 9.80 Å². The highest BCUT2D eigenvalue weighted by atomic mass is 15.5. The van der Waals surface area contributed by atoms with Gasteiger partial charge in [-0.3, -0.25) is 0 Å². The Labute approximate surface area is 296 Å². The molecule has 3 heterocycles.